The van der Waals surface area contributed by atoms with Crippen molar-refractivity contribution in [1.29, 1.82) is 0 Å². The van der Waals surface area contributed by atoms with Crippen LogP contribution in [0.3, 0.4) is 0 Å². The summed E-state index contributed by atoms with van der Waals surface area (Å²) in [5.74, 6) is -1.24. The molecule has 0 spiro atoms. The number of pyridine rings is 1. The summed E-state index contributed by atoms with van der Waals surface area (Å²) in [7, 11) is 0. The summed E-state index contributed by atoms with van der Waals surface area (Å²) in [4.78, 5) is 19.9. The number of hydrogen-bond donors (Lipinski definition) is 2. The van der Waals surface area contributed by atoms with Crippen molar-refractivity contribution in [2.75, 3.05) is 5.32 Å². The molecule has 1 unspecified atom stereocenters. The summed E-state index contributed by atoms with van der Waals surface area (Å²) in [6.07, 6.45) is 9.63. The van der Waals surface area contributed by atoms with Crippen molar-refractivity contribution >= 4 is 28.1 Å². The SMILES string of the molecule is O=C(O)C1C=CC(Nc2nc(-c3cnc4ccccn34)cs2)=CC1. The zero-order valence-corrected chi connectivity index (χ0v) is 13.4. The van der Waals surface area contributed by atoms with Crippen molar-refractivity contribution in [2.45, 2.75) is 6.42 Å². The van der Waals surface area contributed by atoms with Crippen LogP contribution in [0.1, 0.15) is 6.42 Å². The third-order valence-electron chi connectivity index (χ3n) is 3.85. The summed E-state index contributed by atoms with van der Waals surface area (Å²) in [6, 6.07) is 5.86. The van der Waals surface area contributed by atoms with E-state index in [1.54, 1.807) is 12.2 Å². The van der Waals surface area contributed by atoms with E-state index < -0.39 is 11.9 Å². The molecule has 0 aromatic carbocycles. The number of imidazole rings is 1. The van der Waals surface area contributed by atoms with Crippen LogP contribution >= 0.6 is 11.3 Å². The Bertz CT molecular complexity index is 970. The maximum absolute atomic E-state index is 10.9. The topological polar surface area (TPSA) is 79.5 Å². The molecular weight excluding hydrogens is 324 g/mol. The van der Waals surface area contributed by atoms with E-state index in [4.69, 9.17) is 5.11 Å². The van der Waals surface area contributed by atoms with E-state index in [9.17, 15) is 4.79 Å². The minimum atomic E-state index is -0.800. The van der Waals surface area contributed by atoms with Crippen molar-refractivity contribution in [3.63, 3.8) is 0 Å². The Hall–Kier alpha value is -2.93. The number of nitrogens with one attached hydrogen (secondary N) is 1. The van der Waals surface area contributed by atoms with E-state index in [0.29, 0.717) is 6.42 Å². The molecule has 24 heavy (non-hydrogen) atoms. The molecule has 3 aromatic heterocycles. The second-order valence-electron chi connectivity index (χ2n) is 5.43. The molecule has 0 bridgehead atoms. The summed E-state index contributed by atoms with van der Waals surface area (Å²) in [5, 5.41) is 15.0. The van der Waals surface area contributed by atoms with E-state index >= 15 is 0 Å². The van der Waals surface area contributed by atoms with Gasteiger partial charge in [0.1, 0.15) is 11.3 Å². The Morgan fingerprint density at radius 2 is 2.33 bits per heavy atom. The quantitative estimate of drug-likeness (QED) is 0.762. The minimum Gasteiger partial charge on any atom is -0.481 e. The Labute approximate surface area is 141 Å². The fourth-order valence-electron chi connectivity index (χ4n) is 2.59. The van der Waals surface area contributed by atoms with Crippen LogP contribution < -0.4 is 5.32 Å². The molecule has 0 amide bonds. The molecule has 0 saturated heterocycles. The summed E-state index contributed by atoms with van der Waals surface area (Å²) < 4.78 is 2.00. The van der Waals surface area contributed by atoms with Crippen LogP contribution in [0.25, 0.3) is 17.0 Å². The van der Waals surface area contributed by atoms with Gasteiger partial charge in [0, 0.05) is 17.3 Å². The largest absolute Gasteiger partial charge is 0.481 e. The molecule has 2 N–H and O–H groups in total. The summed E-state index contributed by atoms with van der Waals surface area (Å²) >= 11 is 1.50. The zero-order valence-electron chi connectivity index (χ0n) is 12.6. The van der Waals surface area contributed by atoms with Crippen LogP contribution in [-0.4, -0.2) is 25.4 Å². The van der Waals surface area contributed by atoms with Crippen molar-refractivity contribution in [3.05, 3.63) is 59.9 Å². The van der Waals surface area contributed by atoms with Crippen LogP contribution in [-0.2, 0) is 4.79 Å². The standard InChI is InChI=1S/C17H14N4O2S/c22-16(23)11-4-6-12(7-5-11)19-17-20-13(10-24-17)14-9-18-15-3-1-2-8-21(14)15/h1-4,6-11H,5H2,(H,19,20)(H,22,23). The predicted molar refractivity (Wildman–Crippen MR) is 92.9 cm³/mol. The normalized spacial score (nSPS) is 17.0. The number of fused-ring (bicyclic) bond motifs is 1. The van der Waals surface area contributed by atoms with Crippen LogP contribution in [0, 0.1) is 5.92 Å². The average Bonchev–Trinajstić information content (AvgIpc) is 3.22. The molecule has 3 heterocycles. The van der Waals surface area contributed by atoms with Gasteiger partial charge < -0.3 is 10.4 Å². The Morgan fingerprint density at radius 3 is 3.12 bits per heavy atom. The predicted octanol–water partition coefficient (Wildman–Crippen LogP) is 3.41. The molecule has 0 aliphatic heterocycles. The highest BCUT2D eigenvalue weighted by atomic mass is 32.1. The van der Waals surface area contributed by atoms with Crippen molar-refractivity contribution in [1.82, 2.24) is 14.4 Å². The number of carbonyl (C=O) groups is 1. The first-order chi connectivity index (χ1) is 11.7. The van der Waals surface area contributed by atoms with Gasteiger partial charge >= 0.3 is 5.97 Å². The lowest BCUT2D eigenvalue weighted by Crippen LogP contribution is -2.13. The van der Waals surface area contributed by atoms with E-state index in [1.165, 1.54) is 11.3 Å². The van der Waals surface area contributed by atoms with Crippen molar-refractivity contribution < 1.29 is 9.90 Å². The average molecular weight is 338 g/mol. The van der Waals surface area contributed by atoms with Crippen LogP contribution in [0.5, 0.6) is 0 Å². The van der Waals surface area contributed by atoms with Gasteiger partial charge in [0.15, 0.2) is 5.13 Å². The van der Waals surface area contributed by atoms with Gasteiger partial charge in [-0.1, -0.05) is 18.2 Å². The van der Waals surface area contributed by atoms with Crippen LogP contribution in [0.15, 0.2) is 59.9 Å². The lowest BCUT2D eigenvalue weighted by Gasteiger charge is -2.12. The highest BCUT2D eigenvalue weighted by Gasteiger charge is 2.16. The first kappa shape index (κ1) is 14.6. The van der Waals surface area contributed by atoms with Gasteiger partial charge in [-0.25, -0.2) is 9.97 Å². The monoisotopic (exact) mass is 338 g/mol. The molecule has 0 radical (unpaired) electrons. The number of rotatable bonds is 4. The van der Waals surface area contributed by atoms with Gasteiger partial charge in [0.05, 0.1) is 17.8 Å². The zero-order chi connectivity index (χ0) is 16.5. The fourth-order valence-corrected chi connectivity index (χ4v) is 3.32. The number of nitrogens with zero attached hydrogens (tertiary/aromatic N) is 3. The van der Waals surface area contributed by atoms with Crippen LogP contribution in [0.4, 0.5) is 5.13 Å². The highest BCUT2D eigenvalue weighted by Crippen LogP contribution is 2.27. The molecule has 120 valence electrons. The van der Waals surface area contributed by atoms with E-state index in [-0.39, 0.29) is 0 Å². The first-order valence-corrected chi connectivity index (χ1v) is 8.35. The van der Waals surface area contributed by atoms with Crippen molar-refractivity contribution in [2.24, 2.45) is 5.92 Å². The summed E-state index contributed by atoms with van der Waals surface area (Å²) in [6.45, 7) is 0. The van der Waals surface area contributed by atoms with Gasteiger partial charge in [-0.2, -0.15) is 0 Å². The minimum absolute atomic E-state index is 0.444. The van der Waals surface area contributed by atoms with E-state index in [0.717, 1.165) is 27.9 Å². The Morgan fingerprint density at radius 1 is 1.42 bits per heavy atom. The number of carboxylic acids is 1. The number of hydrogen-bond acceptors (Lipinski definition) is 5. The number of allylic oxidation sites excluding steroid dienone is 2. The second kappa shape index (κ2) is 5.93. The third kappa shape index (κ3) is 2.69. The number of carboxylic acid groups (broad SMARTS) is 1. The molecule has 4 rings (SSSR count). The molecule has 0 saturated carbocycles. The maximum atomic E-state index is 10.9. The summed E-state index contributed by atoms with van der Waals surface area (Å²) in [5.41, 5.74) is 3.54. The number of aromatic nitrogens is 3. The third-order valence-corrected chi connectivity index (χ3v) is 4.61. The van der Waals surface area contributed by atoms with E-state index in [2.05, 4.69) is 15.3 Å². The Balaban J connectivity index is 1.54. The lowest BCUT2D eigenvalue weighted by atomic mass is 10.00. The molecular formula is C17H14N4O2S. The highest BCUT2D eigenvalue weighted by molar-refractivity contribution is 7.14. The van der Waals surface area contributed by atoms with Gasteiger partial charge in [-0.3, -0.25) is 9.20 Å². The Kier molecular flexibility index (Phi) is 3.62. The molecule has 3 aromatic rings. The lowest BCUT2D eigenvalue weighted by molar-refractivity contribution is -0.139. The van der Waals surface area contributed by atoms with Gasteiger partial charge in [-0.15, -0.1) is 11.3 Å². The smallest absolute Gasteiger partial charge is 0.310 e. The molecule has 1 aliphatic rings. The molecule has 1 aliphatic carbocycles. The molecule has 1 atom stereocenters. The van der Waals surface area contributed by atoms with Crippen molar-refractivity contribution in [3.8, 4) is 11.4 Å². The molecule has 6 nitrogen and oxygen atoms in total. The number of aliphatic carboxylic acids is 1. The fraction of sp³-hybridized carbons (Fsp3) is 0.118. The van der Waals surface area contributed by atoms with E-state index in [1.807, 2.05) is 46.4 Å². The second-order valence-corrected chi connectivity index (χ2v) is 6.29. The molecule has 0 fully saturated rings. The van der Waals surface area contributed by atoms with Gasteiger partial charge in [-0.05, 0) is 24.6 Å². The molecule has 7 heteroatoms. The number of thiazole rings is 1. The maximum Gasteiger partial charge on any atom is 0.310 e. The number of anilines is 1. The van der Waals surface area contributed by atoms with Crippen LogP contribution in [0.2, 0.25) is 0 Å². The van der Waals surface area contributed by atoms with Gasteiger partial charge in [0.2, 0.25) is 0 Å². The first-order valence-electron chi connectivity index (χ1n) is 7.47. The van der Waals surface area contributed by atoms with Gasteiger partial charge in [0.25, 0.3) is 0 Å².